The quantitative estimate of drug-likeness (QED) is 0.351. The lowest BCUT2D eigenvalue weighted by molar-refractivity contribution is -0.384. The molecule has 0 bridgehead atoms. The summed E-state index contributed by atoms with van der Waals surface area (Å²) < 4.78 is 10.2. The molecule has 8 nitrogen and oxygen atoms in total. The van der Waals surface area contributed by atoms with Crippen LogP contribution in [0.1, 0.15) is 26.2 Å². The average Bonchev–Trinajstić information content (AvgIpc) is 3.07. The maximum atomic E-state index is 12.2. The van der Waals surface area contributed by atoms with E-state index in [0.717, 1.165) is 12.8 Å². The predicted octanol–water partition coefficient (Wildman–Crippen LogP) is 2.83. The first-order valence-corrected chi connectivity index (χ1v) is 7.90. The van der Waals surface area contributed by atoms with Crippen molar-refractivity contribution in [2.75, 3.05) is 12.4 Å². The number of carbonyl (C=O) groups is 2. The van der Waals surface area contributed by atoms with Crippen LogP contribution in [-0.4, -0.2) is 30.0 Å². The summed E-state index contributed by atoms with van der Waals surface area (Å²) in [5, 5.41) is 13.4. The molecule has 2 atom stereocenters. The Labute approximate surface area is 145 Å². The van der Waals surface area contributed by atoms with Gasteiger partial charge in [0.1, 0.15) is 5.75 Å². The number of hydrogen-bond acceptors (Lipinski definition) is 6. The zero-order valence-corrected chi connectivity index (χ0v) is 14.1. The zero-order chi connectivity index (χ0) is 18.4. The molecule has 134 valence electrons. The summed E-state index contributed by atoms with van der Waals surface area (Å²) in [6.45, 7) is 1.45. The first kappa shape index (κ1) is 18.4. The highest BCUT2D eigenvalue weighted by Gasteiger charge is 2.22. The minimum Gasteiger partial charge on any atom is -0.495 e. The third-order valence-electron chi connectivity index (χ3n) is 3.87. The summed E-state index contributed by atoms with van der Waals surface area (Å²) in [6, 6.07) is 3.85. The molecule has 0 unspecified atom stereocenters. The Kier molecular flexibility index (Phi) is 6.10. The number of anilines is 1. The number of esters is 1. The summed E-state index contributed by atoms with van der Waals surface area (Å²) in [7, 11) is 1.38. The topological polar surface area (TPSA) is 108 Å². The maximum absolute atomic E-state index is 12.2. The summed E-state index contributed by atoms with van der Waals surface area (Å²) in [4.78, 5) is 34.4. The number of nitrogens with one attached hydrogen (secondary N) is 1. The van der Waals surface area contributed by atoms with Crippen molar-refractivity contribution in [1.82, 2.24) is 0 Å². The van der Waals surface area contributed by atoms with Gasteiger partial charge in [0, 0.05) is 12.1 Å². The highest BCUT2D eigenvalue weighted by atomic mass is 16.6. The van der Waals surface area contributed by atoms with E-state index in [4.69, 9.17) is 9.47 Å². The fraction of sp³-hybridized carbons (Fsp3) is 0.412. The molecule has 1 aliphatic rings. The molecule has 0 radical (unpaired) electrons. The molecule has 0 saturated carbocycles. The van der Waals surface area contributed by atoms with Crippen LogP contribution < -0.4 is 10.1 Å². The summed E-state index contributed by atoms with van der Waals surface area (Å²) >= 11 is 0. The Morgan fingerprint density at radius 2 is 2.20 bits per heavy atom. The number of ether oxygens (including phenoxy) is 2. The lowest BCUT2D eigenvalue weighted by atomic mass is 10.1. The second-order valence-corrected chi connectivity index (χ2v) is 5.73. The number of non-ortho nitro benzene ring substituents is 1. The van der Waals surface area contributed by atoms with Crippen LogP contribution in [0.3, 0.4) is 0 Å². The Morgan fingerprint density at radius 3 is 2.80 bits per heavy atom. The molecule has 25 heavy (non-hydrogen) atoms. The van der Waals surface area contributed by atoms with Gasteiger partial charge >= 0.3 is 5.97 Å². The van der Waals surface area contributed by atoms with Crippen LogP contribution >= 0.6 is 0 Å². The SMILES string of the molecule is COc1ccc([N+](=O)[O-])cc1NC(=O)[C@@H](C)OC(=O)C[C@@H]1C=CCC1. The number of allylic oxidation sites excluding steroid dienone is 2. The van der Waals surface area contributed by atoms with Gasteiger partial charge in [-0.3, -0.25) is 19.7 Å². The van der Waals surface area contributed by atoms with Crippen LogP contribution in [0.15, 0.2) is 30.4 Å². The van der Waals surface area contributed by atoms with Gasteiger partial charge in [0.15, 0.2) is 6.10 Å². The van der Waals surface area contributed by atoms with Crippen molar-refractivity contribution < 1.29 is 24.0 Å². The highest BCUT2D eigenvalue weighted by molar-refractivity contribution is 5.96. The van der Waals surface area contributed by atoms with Gasteiger partial charge in [0.25, 0.3) is 11.6 Å². The van der Waals surface area contributed by atoms with Crippen LogP contribution in [0.2, 0.25) is 0 Å². The van der Waals surface area contributed by atoms with Crippen molar-refractivity contribution in [1.29, 1.82) is 0 Å². The maximum Gasteiger partial charge on any atom is 0.307 e. The fourth-order valence-electron chi connectivity index (χ4n) is 2.52. The van der Waals surface area contributed by atoms with Gasteiger partial charge < -0.3 is 14.8 Å². The Bertz CT molecular complexity index is 700. The molecule has 1 aromatic rings. The molecule has 0 saturated heterocycles. The highest BCUT2D eigenvalue weighted by Crippen LogP contribution is 2.29. The number of amides is 1. The molecule has 0 fully saturated rings. The van der Waals surface area contributed by atoms with Crippen molar-refractivity contribution in [2.45, 2.75) is 32.3 Å². The molecule has 0 spiro atoms. The normalized spacial score (nSPS) is 17.0. The van der Waals surface area contributed by atoms with E-state index in [1.165, 1.54) is 32.2 Å². The summed E-state index contributed by atoms with van der Waals surface area (Å²) in [5.74, 6) is -0.618. The minimum atomic E-state index is -1.03. The van der Waals surface area contributed by atoms with E-state index in [0.29, 0.717) is 0 Å². The molecular weight excluding hydrogens is 328 g/mol. The van der Waals surface area contributed by atoms with Gasteiger partial charge in [-0.05, 0) is 31.7 Å². The predicted molar refractivity (Wildman–Crippen MR) is 90.3 cm³/mol. The molecule has 0 heterocycles. The molecule has 2 rings (SSSR count). The molecule has 1 aromatic carbocycles. The number of carbonyl (C=O) groups excluding carboxylic acids is 2. The second-order valence-electron chi connectivity index (χ2n) is 5.73. The van der Waals surface area contributed by atoms with Crippen molar-refractivity contribution in [2.24, 2.45) is 5.92 Å². The van der Waals surface area contributed by atoms with E-state index < -0.39 is 22.9 Å². The summed E-state index contributed by atoms with van der Waals surface area (Å²) in [6.07, 6.45) is 5.04. The van der Waals surface area contributed by atoms with E-state index in [1.807, 2.05) is 12.2 Å². The molecular formula is C17H20N2O6. The largest absolute Gasteiger partial charge is 0.495 e. The van der Waals surface area contributed by atoms with Crippen LogP contribution in [0.4, 0.5) is 11.4 Å². The number of nitro benzene ring substituents is 1. The molecule has 0 aromatic heterocycles. The number of nitro groups is 1. The molecule has 1 aliphatic carbocycles. The first-order valence-electron chi connectivity index (χ1n) is 7.90. The van der Waals surface area contributed by atoms with Gasteiger partial charge in [-0.1, -0.05) is 12.2 Å². The van der Waals surface area contributed by atoms with Gasteiger partial charge in [-0.15, -0.1) is 0 Å². The summed E-state index contributed by atoms with van der Waals surface area (Å²) in [5.41, 5.74) is -0.0444. The van der Waals surface area contributed by atoms with Crippen LogP contribution in [-0.2, 0) is 14.3 Å². The van der Waals surface area contributed by atoms with E-state index in [2.05, 4.69) is 5.32 Å². The minimum absolute atomic E-state index is 0.142. The third kappa shape index (κ3) is 5.03. The van der Waals surface area contributed by atoms with Gasteiger partial charge in [0.05, 0.1) is 24.1 Å². The average molecular weight is 348 g/mol. The van der Waals surface area contributed by atoms with Crippen LogP contribution in [0, 0.1) is 16.0 Å². The number of methoxy groups -OCH3 is 1. The standard InChI is InChI=1S/C17H20N2O6/c1-11(25-16(20)9-12-5-3-4-6-12)17(21)18-14-10-13(19(22)23)7-8-15(14)24-2/h3,5,7-8,10-12H,4,6,9H2,1-2H3,(H,18,21)/t11-,12-/m1/s1. The Morgan fingerprint density at radius 1 is 1.44 bits per heavy atom. The van der Waals surface area contributed by atoms with E-state index in [9.17, 15) is 19.7 Å². The van der Waals surface area contributed by atoms with Crippen LogP contribution in [0.5, 0.6) is 5.75 Å². The molecule has 0 aliphatic heterocycles. The molecule has 1 N–H and O–H groups in total. The van der Waals surface area contributed by atoms with Gasteiger partial charge in [-0.2, -0.15) is 0 Å². The number of benzene rings is 1. The Hall–Kier alpha value is -2.90. The first-order chi connectivity index (χ1) is 11.9. The lowest BCUT2D eigenvalue weighted by Gasteiger charge is -2.16. The fourth-order valence-corrected chi connectivity index (χ4v) is 2.52. The zero-order valence-electron chi connectivity index (χ0n) is 14.1. The van der Waals surface area contributed by atoms with E-state index in [1.54, 1.807) is 0 Å². The van der Waals surface area contributed by atoms with E-state index >= 15 is 0 Å². The number of hydrogen-bond donors (Lipinski definition) is 1. The second kappa shape index (κ2) is 8.27. The van der Waals surface area contributed by atoms with Crippen molar-refractivity contribution in [3.63, 3.8) is 0 Å². The van der Waals surface area contributed by atoms with Crippen molar-refractivity contribution in [3.05, 3.63) is 40.5 Å². The molecule has 8 heteroatoms. The molecule has 1 amide bonds. The lowest BCUT2D eigenvalue weighted by Crippen LogP contribution is -2.30. The monoisotopic (exact) mass is 348 g/mol. The number of rotatable bonds is 7. The third-order valence-corrected chi connectivity index (χ3v) is 3.87. The van der Waals surface area contributed by atoms with E-state index in [-0.39, 0.29) is 29.5 Å². The number of nitrogens with zero attached hydrogens (tertiary/aromatic N) is 1. The van der Waals surface area contributed by atoms with Crippen molar-refractivity contribution in [3.8, 4) is 5.75 Å². The smallest absolute Gasteiger partial charge is 0.307 e. The van der Waals surface area contributed by atoms with Gasteiger partial charge in [0.2, 0.25) is 0 Å². The van der Waals surface area contributed by atoms with Gasteiger partial charge in [-0.25, -0.2) is 0 Å². The van der Waals surface area contributed by atoms with Crippen molar-refractivity contribution >= 4 is 23.3 Å². The van der Waals surface area contributed by atoms with Crippen LogP contribution in [0.25, 0.3) is 0 Å². The Balaban J connectivity index is 1.98.